The van der Waals surface area contributed by atoms with Crippen LogP contribution in [0.3, 0.4) is 0 Å². The van der Waals surface area contributed by atoms with Crippen LogP contribution in [-0.2, 0) is 6.54 Å². The van der Waals surface area contributed by atoms with Crippen LogP contribution < -0.4 is 10.6 Å². The Morgan fingerprint density at radius 3 is 2.76 bits per heavy atom. The second kappa shape index (κ2) is 6.06. The zero-order valence-corrected chi connectivity index (χ0v) is 13.1. The van der Waals surface area contributed by atoms with Crippen molar-refractivity contribution in [2.24, 2.45) is 11.7 Å². The quantitative estimate of drug-likeness (QED) is 0.918. The van der Waals surface area contributed by atoms with Gasteiger partial charge in [0.25, 0.3) is 0 Å². The number of aromatic nitrogens is 2. The second-order valence-electron chi connectivity index (χ2n) is 6.50. The van der Waals surface area contributed by atoms with Crippen molar-refractivity contribution in [3.8, 4) is 0 Å². The summed E-state index contributed by atoms with van der Waals surface area (Å²) in [5.74, 6) is 1.73. The van der Waals surface area contributed by atoms with Crippen molar-refractivity contribution in [1.29, 1.82) is 0 Å². The molecule has 2 N–H and O–H groups in total. The summed E-state index contributed by atoms with van der Waals surface area (Å²) in [6.07, 6.45) is 7.31. The van der Waals surface area contributed by atoms with Gasteiger partial charge in [0, 0.05) is 25.3 Å². The minimum atomic E-state index is 0.530. The zero-order chi connectivity index (χ0) is 14.8. The molecule has 4 heteroatoms. The van der Waals surface area contributed by atoms with Crippen molar-refractivity contribution in [3.63, 3.8) is 0 Å². The maximum Gasteiger partial charge on any atom is 0.152 e. The molecule has 1 aliphatic carbocycles. The van der Waals surface area contributed by atoms with Crippen molar-refractivity contribution in [2.75, 3.05) is 11.4 Å². The van der Waals surface area contributed by atoms with Crippen LogP contribution in [0.4, 0.5) is 5.82 Å². The maximum atomic E-state index is 6.04. The molecule has 0 amide bonds. The van der Waals surface area contributed by atoms with E-state index >= 15 is 0 Å². The highest BCUT2D eigenvalue weighted by Gasteiger charge is 2.27. The Morgan fingerprint density at radius 2 is 2.10 bits per heavy atom. The third-order valence-corrected chi connectivity index (χ3v) is 4.40. The summed E-state index contributed by atoms with van der Waals surface area (Å²) in [6, 6.07) is 6.77. The SMILES string of the molecule is CC(C)CN(c1nc2ccccn2c1CN)C1CCCC1. The fourth-order valence-corrected chi connectivity index (χ4v) is 3.47. The van der Waals surface area contributed by atoms with Gasteiger partial charge in [-0.1, -0.05) is 32.8 Å². The Morgan fingerprint density at radius 1 is 1.33 bits per heavy atom. The maximum absolute atomic E-state index is 6.04. The monoisotopic (exact) mass is 286 g/mol. The number of pyridine rings is 1. The van der Waals surface area contributed by atoms with E-state index in [1.807, 2.05) is 12.1 Å². The van der Waals surface area contributed by atoms with E-state index in [4.69, 9.17) is 10.7 Å². The van der Waals surface area contributed by atoms with Gasteiger partial charge in [0.2, 0.25) is 0 Å². The van der Waals surface area contributed by atoms with E-state index in [0.29, 0.717) is 18.5 Å². The first-order chi connectivity index (χ1) is 10.2. The highest BCUT2D eigenvalue weighted by Crippen LogP contribution is 2.31. The molecule has 1 aliphatic rings. The van der Waals surface area contributed by atoms with Gasteiger partial charge in [0.05, 0.1) is 5.69 Å². The van der Waals surface area contributed by atoms with Crippen LogP contribution in [0.2, 0.25) is 0 Å². The van der Waals surface area contributed by atoms with Crippen LogP contribution in [0.15, 0.2) is 24.4 Å². The first-order valence-electron chi connectivity index (χ1n) is 8.13. The molecule has 2 heterocycles. The van der Waals surface area contributed by atoms with Crippen LogP contribution in [-0.4, -0.2) is 22.0 Å². The summed E-state index contributed by atoms with van der Waals surface area (Å²) in [4.78, 5) is 7.41. The molecular formula is C17H26N4. The molecule has 3 rings (SSSR count). The van der Waals surface area contributed by atoms with E-state index in [9.17, 15) is 0 Å². The number of hydrogen-bond donors (Lipinski definition) is 1. The number of nitrogens with zero attached hydrogens (tertiary/aromatic N) is 3. The first-order valence-corrected chi connectivity index (χ1v) is 8.13. The van der Waals surface area contributed by atoms with Gasteiger partial charge in [-0.2, -0.15) is 0 Å². The van der Waals surface area contributed by atoms with E-state index in [0.717, 1.165) is 23.7 Å². The van der Waals surface area contributed by atoms with E-state index < -0.39 is 0 Å². The average molecular weight is 286 g/mol. The molecule has 1 fully saturated rings. The molecule has 0 aliphatic heterocycles. The van der Waals surface area contributed by atoms with Gasteiger partial charge >= 0.3 is 0 Å². The lowest BCUT2D eigenvalue weighted by molar-refractivity contribution is 0.530. The van der Waals surface area contributed by atoms with Crippen LogP contribution >= 0.6 is 0 Å². The number of nitrogens with two attached hydrogens (primary N) is 1. The average Bonchev–Trinajstić information content (AvgIpc) is 3.11. The Kier molecular flexibility index (Phi) is 4.15. The Labute approximate surface area is 127 Å². The highest BCUT2D eigenvalue weighted by atomic mass is 15.3. The molecule has 0 saturated heterocycles. The number of anilines is 1. The Bertz CT molecular complexity index is 596. The van der Waals surface area contributed by atoms with Crippen molar-refractivity contribution in [3.05, 3.63) is 30.1 Å². The summed E-state index contributed by atoms with van der Waals surface area (Å²) < 4.78 is 2.14. The van der Waals surface area contributed by atoms with Crippen molar-refractivity contribution in [2.45, 2.75) is 52.1 Å². The zero-order valence-electron chi connectivity index (χ0n) is 13.1. The van der Waals surface area contributed by atoms with E-state index in [1.165, 1.54) is 25.7 Å². The van der Waals surface area contributed by atoms with Gasteiger partial charge < -0.3 is 15.0 Å². The molecule has 0 unspecified atom stereocenters. The summed E-state index contributed by atoms with van der Waals surface area (Å²) in [5, 5.41) is 0. The lowest BCUT2D eigenvalue weighted by Gasteiger charge is -2.31. The van der Waals surface area contributed by atoms with Gasteiger partial charge in [0.1, 0.15) is 5.65 Å². The largest absolute Gasteiger partial charge is 0.352 e. The molecule has 0 atom stereocenters. The molecule has 1 saturated carbocycles. The van der Waals surface area contributed by atoms with Crippen molar-refractivity contribution < 1.29 is 0 Å². The van der Waals surface area contributed by atoms with Crippen LogP contribution in [0.5, 0.6) is 0 Å². The molecule has 21 heavy (non-hydrogen) atoms. The van der Waals surface area contributed by atoms with Crippen molar-refractivity contribution in [1.82, 2.24) is 9.38 Å². The third kappa shape index (κ3) is 2.77. The fraction of sp³-hybridized carbons (Fsp3) is 0.588. The number of rotatable bonds is 5. The van der Waals surface area contributed by atoms with Gasteiger partial charge in [-0.25, -0.2) is 4.98 Å². The molecule has 0 spiro atoms. The fourth-order valence-electron chi connectivity index (χ4n) is 3.47. The topological polar surface area (TPSA) is 46.6 Å². The van der Waals surface area contributed by atoms with E-state index in [1.54, 1.807) is 0 Å². The van der Waals surface area contributed by atoms with Gasteiger partial charge in [-0.3, -0.25) is 0 Å². The van der Waals surface area contributed by atoms with Gasteiger partial charge in [-0.05, 0) is 30.9 Å². The van der Waals surface area contributed by atoms with Crippen LogP contribution in [0.25, 0.3) is 5.65 Å². The molecule has 0 radical (unpaired) electrons. The highest BCUT2D eigenvalue weighted by molar-refractivity contribution is 5.56. The lowest BCUT2D eigenvalue weighted by atomic mass is 10.1. The van der Waals surface area contributed by atoms with E-state index in [2.05, 4.69) is 35.4 Å². The number of imidazole rings is 1. The van der Waals surface area contributed by atoms with Crippen LogP contribution in [0.1, 0.15) is 45.2 Å². The summed E-state index contributed by atoms with van der Waals surface area (Å²) in [5.41, 5.74) is 8.18. The molecule has 0 bridgehead atoms. The van der Waals surface area contributed by atoms with Gasteiger partial charge in [-0.15, -0.1) is 0 Å². The van der Waals surface area contributed by atoms with E-state index in [-0.39, 0.29) is 0 Å². The second-order valence-corrected chi connectivity index (χ2v) is 6.50. The number of hydrogen-bond acceptors (Lipinski definition) is 3. The van der Waals surface area contributed by atoms with Gasteiger partial charge in [0.15, 0.2) is 5.82 Å². The molecule has 114 valence electrons. The normalized spacial score (nSPS) is 16.2. The Hall–Kier alpha value is -1.55. The molecule has 0 aromatic carbocycles. The van der Waals surface area contributed by atoms with Crippen molar-refractivity contribution >= 4 is 11.5 Å². The van der Waals surface area contributed by atoms with Crippen LogP contribution in [0, 0.1) is 5.92 Å². The third-order valence-electron chi connectivity index (χ3n) is 4.40. The summed E-state index contributed by atoms with van der Waals surface area (Å²) in [7, 11) is 0. The minimum Gasteiger partial charge on any atom is -0.352 e. The standard InChI is InChI=1S/C17H26N4/c1-13(2)12-21(14-7-3-4-8-14)17-15(11-18)20-10-6-5-9-16(20)19-17/h5-6,9-10,13-14H,3-4,7-8,11-12,18H2,1-2H3. The first kappa shape index (κ1) is 14.4. The minimum absolute atomic E-state index is 0.530. The molecule has 2 aromatic heterocycles. The smallest absolute Gasteiger partial charge is 0.152 e. The summed E-state index contributed by atoms with van der Waals surface area (Å²) >= 11 is 0. The molecular weight excluding hydrogens is 260 g/mol. The molecule has 4 nitrogen and oxygen atoms in total. The predicted octanol–water partition coefficient (Wildman–Crippen LogP) is 3.20. The predicted molar refractivity (Wildman–Crippen MR) is 87.5 cm³/mol. The lowest BCUT2D eigenvalue weighted by Crippen LogP contribution is -2.37. The molecule has 2 aromatic rings. The summed E-state index contributed by atoms with van der Waals surface area (Å²) in [6.45, 7) is 6.14. The Balaban J connectivity index is 2.05. The number of fused-ring (bicyclic) bond motifs is 1.